The van der Waals surface area contributed by atoms with Crippen LogP contribution in [0.25, 0.3) is 0 Å². The maximum Gasteiger partial charge on any atom is 0.287 e. The number of benzene rings is 1. The summed E-state index contributed by atoms with van der Waals surface area (Å²) in [5, 5.41) is 2.68. The zero-order chi connectivity index (χ0) is 17.7. The van der Waals surface area contributed by atoms with Crippen molar-refractivity contribution < 1.29 is 17.6 Å². The van der Waals surface area contributed by atoms with Crippen LogP contribution in [-0.2, 0) is 22.1 Å². The number of aromatic nitrogens is 1. The first-order valence-corrected chi connectivity index (χ1v) is 9.24. The summed E-state index contributed by atoms with van der Waals surface area (Å²) < 4.78 is 30.1. The molecule has 0 atom stereocenters. The predicted octanol–water partition coefficient (Wildman–Crippen LogP) is 2.58. The molecular formula is C18H16N2O4S. The van der Waals surface area contributed by atoms with Crippen LogP contribution in [0.4, 0.5) is 0 Å². The Bertz CT molecular complexity index is 951. The van der Waals surface area contributed by atoms with Crippen molar-refractivity contribution in [3.63, 3.8) is 0 Å². The molecule has 0 unspecified atom stereocenters. The molecule has 0 aliphatic heterocycles. The molecule has 3 aromatic rings. The summed E-state index contributed by atoms with van der Waals surface area (Å²) in [5.74, 6) is -0.788. The van der Waals surface area contributed by atoms with Crippen LogP contribution in [0.15, 0.2) is 76.4 Å². The first-order chi connectivity index (χ1) is 12.1. The van der Waals surface area contributed by atoms with Crippen molar-refractivity contribution in [1.82, 2.24) is 10.3 Å². The Kier molecular flexibility index (Phi) is 4.95. The molecule has 7 heteroatoms. The number of nitrogens with one attached hydrogen (secondary N) is 1. The minimum Gasteiger partial charge on any atom is -0.459 e. The standard InChI is InChI=1S/C18H16N2O4S/c21-18(20-12-15-6-4-5-10-19-15)17-14(9-11-24-17)13-25(22,23)16-7-2-1-3-8-16/h1-11H,12-13H2,(H,20,21). The highest BCUT2D eigenvalue weighted by atomic mass is 32.2. The lowest BCUT2D eigenvalue weighted by Crippen LogP contribution is -2.24. The van der Waals surface area contributed by atoms with E-state index in [0.717, 1.165) is 0 Å². The molecule has 1 N–H and O–H groups in total. The van der Waals surface area contributed by atoms with Gasteiger partial charge in [-0.15, -0.1) is 0 Å². The number of sulfone groups is 1. The molecule has 0 saturated carbocycles. The van der Waals surface area contributed by atoms with Crippen molar-refractivity contribution in [2.75, 3.05) is 0 Å². The first kappa shape index (κ1) is 16.9. The highest BCUT2D eigenvalue weighted by Crippen LogP contribution is 2.20. The van der Waals surface area contributed by atoms with Crippen LogP contribution in [0.3, 0.4) is 0 Å². The van der Waals surface area contributed by atoms with Gasteiger partial charge in [0.25, 0.3) is 5.91 Å². The zero-order valence-electron chi connectivity index (χ0n) is 13.3. The SMILES string of the molecule is O=C(NCc1ccccn1)c1occc1CS(=O)(=O)c1ccccc1. The van der Waals surface area contributed by atoms with Gasteiger partial charge < -0.3 is 9.73 Å². The van der Waals surface area contributed by atoms with Gasteiger partial charge in [0.2, 0.25) is 0 Å². The fraction of sp³-hybridized carbons (Fsp3) is 0.111. The van der Waals surface area contributed by atoms with Gasteiger partial charge in [0.15, 0.2) is 15.6 Å². The van der Waals surface area contributed by atoms with Crippen molar-refractivity contribution in [2.45, 2.75) is 17.2 Å². The van der Waals surface area contributed by atoms with Crippen molar-refractivity contribution in [2.24, 2.45) is 0 Å². The Morgan fingerprint density at radius 1 is 1.04 bits per heavy atom. The average molecular weight is 356 g/mol. The predicted molar refractivity (Wildman–Crippen MR) is 91.4 cm³/mol. The molecule has 25 heavy (non-hydrogen) atoms. The van der Waals surface area contributed by atoms with Crippen LogP contribution in [0.1, 0.15) is 21.8 Å². The van der Waals surface area contributed by atoms with Crippen LogP contribution in [-0.4, -0.2) is 19.3 Å². The lowest BCUT2D eigenvalue weighted by atomic mass is 10.2. The second kappa shape index (κ2) is 7.31. The minimum absolute atomic E-state index is 0.00422. The van der Waals surface area contributed by atoms with Gasteiger partial charge in [-0.1, -0.05) is 24.3 Å². The van der Waals surface area contributed by atoms with E-state index in [-0.39, 0.29) is 23.0 Å². The average Bonchev–Trinajstić information content (AvgIpc) is 3.09. The summed E-state index contributed by atoms with van der Waals surface area (Å²) in [5.41, 5.74) is 1.02. The maximum absolute atomic E-state index is 12.5. The molecule has 0 radical (unpaired) electrons. The summed E-state index contributed by atoms with van der Waals surface area (Å²) in [7, 11) is -3.56. The molecule has 1 aromatic carbocycles. The fourth-order valence-corrected chi connectivity index (χ4v) is 3.69. The number of hydrogen-bond acceptors (Lipinski definition) is 5. The van der Waals surface area contributed by atoms with E-state index < -0.39 is 15.7 Å². The van der Waals surface area contributed by atoms with Crippen molar-refractivity contribution in [3.8, 4) is 0 Å². The summed E-state index contributed by atoms with van der Waals surface area (Å²) in [4.78, 5) is 16.6. The first-order valence-electron chi connectivity index (χ1n) is 7.58. The highest BCUT2D eigenvalue weighted by molar-refractivity contribution is 7.90. The Hall–Kier alpha value is -2.93. The molecule has 0 fully saturated rings. The summed E-state index contributed by atoms with van der Waals surface area (Å²) in [6, 6.07) is 15.0. The number of rotatable bonds is 6. The van der Waals surface area contributed by atoms with Crippen molar-refractivity contribution in [3.05, 3.63) is 84.1 Å². The molecule has 3 rings (SSSR count). The van der Waals surface area contributed by atoms with Gasteiger partial charge in [-0.3, -0.25) is 9.78 Å². The third kappa shape index (κ3) is 4.13. The lowest BCUT2D eigenvalue weighted by Gasteiger charge is -2.06. The normalized spacial score (nSPS) is 11.2. The van der Waals surface area contributed by atoms with Crippen LogP contribution in [0, 0.1) is 0 Å². The minimum atomic E-state index is -3.56. The molecule has 0 aliphatic carbocycles. The Morgan fingerprint density at radius 3 is 2.52 bits per heavy atom. The molecule has 6 nitrogen and oxygen atoms in total. The molecule has 2 heterocycles. The van der Waals surface area contributed by atoms with E-state index in [2.05, 4.69) is 10.3 Å². The summed E-state index contributed by atoms with van der Waals surface area (Å²) >= 11 is 0. The third-order valence-corrected chi connectivity index (χ3v) is 5.24. The van der Waals surface area contributed by atoms with Crippen LogP contribution in [0.2, 0.25) is 0 Å². The second-order valence-electron chi connectivity index (χ2n) is 5.35. The molecule has 0 bridgehead atoms. The van der Waals surface area contributed by atoms with Crippen molar-refractivity contribution >= 4 is 15.7 Å². The quantitative estimate of drug-likeness (QED) is 0.733. The van der Waals surface area contributed by atoms with Gasteiger partial charge in [-0.25, -0.2) is 8.42 Å². The van der Waals surface area contributed by atoms with E-state index in [0.29, 0.717) is 11.3 Å². The number of carbonyl (C=O) groups is 1. The number of amides is 1. The van der Waals surface area contributed by atoms with Gasteiger partial charge in [0, 0.05) is 11.8 Å². The molecule has 2 aromatic heterocycles. The monoisotopic (exact) mass is 356 g/mol. The van der Waals surface area contributed by atoms with Gasteiger partial charge in [-0.2, -0.15) is 0 Å². The van der Waals surface area contributed by atoms with Gasteiger partial charge in [0.05, 0.1) is 29.2 Å². The Balaban J connectivity index is 1.73. The topological polar surface area (TPSA) is 89.3 Å². The number of carbonyl (C=O) groups excluding carboxylic acids is 1. The van der Waals surface area contributed by atoms with E-state index >= 15 is 0 Å². The summed E-state index contributed by atoms with van der Waals surface area (Å²) in [6.07, 6.45) is 2.94. The maximum atomic E-state index is 12.5. The number of furan rings is 1. The van der Waals surface area contributed by atoms with Gasteiger partial charge in [-0.05, 0) is 30.3 Å². The zero-order valence-corrected chi connectivity index (χ0v) is 14.1. The molecular weight excluding hydrogens is 340 g/mol. The van der Waals surface area contributed by atoms with Crippen LogP contribution in [0.5, 0.6) is 0 Å². The largest absolute Gasteiger partial charge is 0.459 e. The second-order valence-corrected chi connectivity index (χ2v) is 7.34. The molecule has 128 valence electrons. The van der Waals surface area contributed by atoms with E-state index in [1.807, 2.05) is 6.07 Å². The van der Waals surface area contributed by atoms with Crippen LogP contribution >= 0.6 is 0 Å². The number of pyridine rings is 1. The van der Waals surface area contributed by atoms with Crippen LogP contribution < -0.4 is 5.32 Å². The summed E-state index contributed by atoms with van der Waals surface area (Å²) in [6.45, 7) is 0.227. The molecule has 0 saturated heterocycles. The van der Waals surface area contributed by atoms with E-state index in [1.165, 1.54) is 24.5 Å². The van der Waals surface area contributed by atoms with E-state index in [1.54, 1.807) is 36.5 Å². The Labute approximate surface area is 145 Å². The Morgan fingerprint density at radius 2 is 1.80 bits per heavy atom. The van der Waals surface area contributed by atoms with E-state index in [9.17, 15) is 13.2 Å². The van der Waals surface area contributed by atoms with Gasteiger partial charge >= 0.3 is 0 Å². The smallest absolute Gasteiger partial charge is 0.287 e. The third-order valence-electron chi connectivity index (χ3n) is 3.56. The number of nitrogens with zero attached hydrogens (tertiary/aromatic N) is 1. The van der Waals surface area contributed by atoms with E-state index in [4.69, 9.17) is 4.42 Å². The molecule has 0 spiro atoms. The fourth-order valence-electron chi connectivity index (χ4n) is 2.32. The molecule has 0 aliphatic rings. The lowest BCUT2D eigenvalue weighted by molar-refractivity contribution is 0.0921. The van der Waals surface area contributed by atoms with Gasteiger partial charge in [0.1, 0.15) is 0 Å². The van der Waals surface area contributed by atoms with Crippen molar-refractivity contribution in [1.29, 1.82) is 0 Å². The molecule has 1 amide bonds. The number of hydrogen-bond donors (Lipinski definition) is 1. The highest BCUT2D eigenvalue weighted by Gasteiger charge is 2.22.